The van der Waals surface area contributed by atoms with Crippen molar-refractivity contribution in [1.29, 1.82) is 0 Å². The van der Waals surface area contributed by atoms with Gasteiger partial charge >= 0.3 is 6.18 Å². The summed E-state index contributed by atoms with van der Waals surface area (Å²) in [5, 5.41) is 6.44. The number of nitrogens with one attached hydrogen (secondary N) is 2. The third-order valence-corrected chi connectivity index (χ3v) is 4.61. The minimum atomic E-state index is -4.03. The van der Waals surface area contributed by atoms with Gasteiger partial charge in [-0.2, -0.15) is 13.2 Å². The highest BCUT2D eigenvalue weighted by atomic mass is 127. The predicted octanol–water partition coefficient (Wildman–Crippen LogP) is 3.32. The van der Waals surface area contributed by atoms with Gasteiger partial charge in [-0.25, -0.2) is 0 Å². The van der Waals surface area contributed by atoms with Gasteiger partial charge in [0.05, 0.1) is 12.0 Å². The molecule has 8 heteroatoms. The second-order valence-corrected chi connectivity index (χ2v) is 6.23. The van der Waals surface area contributed by atoms with Crippen molar-refractivity contribution in [1.82, 2.24) is 10.6 Å². The number of aliphatic imine (C=N–C) groups is 1. The molecule has 4 nitrogen and oxygen atoms in total. The molecule has 2 N–H and O–H groups in total. The molecule has 1 unspecified atom stereocenters. The Balaban J connectivity index is 0.00000264. The van der Waals surface area contributed by atoms with Crippen LogP contribution in [-0.4, -0.2) is 45.0 Å². The van der Waals surface area contributed by atoms with Gasteiger partial charge in [-0.3, -0.25) is 4.99 Å². The first-order valence-corrected chi connectivity index (χ1v) is 8.12. The van der Waals surface area contributed by atoms with Gasteiger partial charge in [0.2, 0.25) is 0 Å². The number of alkyl halides is 3. The molecule has 1 atom stereocenters. The number of guanidine groups is 1. The Morgan fingerprint density at radius 1 is 1.09 bits per heavy atom. The summed E-state index contributed by atoms with van der Waals surface area (Å²) in [5.41, 5.74) is 0. The fourth-order valence-electron chi connectivity index (χ4n) is 3.17. The second-order valence-electron chi connectivity index (χ2n) is 6.23. The lowest BCUT2D eigenvalue weighted by atomic mass is 9.81. The maximum absolute atomic E-state index is 12.6. The number of ether oxygens (including phenoxy) is 1. The molecule has 0 radical (unpaired) electrons. The van der Waals surface area contributed by atoms with Crippen molar-refractivity contribution in [3.63, 3.8) is 0 Å². The molecule has 0 bridgehead atoms. The molecular weight excluding hydrogens is 422 g/mol. The van der Waals surface area contributed by atoms with Crippen molar-refractivity contribution in [2.24, 2.45) is 16.8 Å². The topological polar surface area (TPSA) is 45.7 Å². The van der Waals surface area contributed by atoms with E-state index in [2.05, 4.69) is 15.6 Å². The van der Waals surface area contributed by atoms with E-state index in [-0.39, 0.29) is 42.9 Å². The van der Waals surface area contributed by atoms with Crippen LogP contribution in [0.15, 0.2) is 4.99 Å². The summed E-state index contributed by atoms with van der Waals surface area (Å²) in [6.07, 6.45) is 0.111. The van der Waals surface area contributed by atoms with E-state index in [0.717, 1.165) is 26.0 Å². The molecule has 0 amide bonds. The Morgan fingerprint density at radius 3 is 2.26 bits per heavy atom. The van der Waals surface area contributed by atoms with Gasteiger partial charge < -0.3 is 15.4 Å². The third-order valence-electron chi connectivity index (χ3n) is 4.61. The molecule has 0 aromatic carbocycles. The molecule has 136 valence electrons. The monoisotopic (exact) mass is 449 g/mol. The lowest BCUT2D eigenvalue weighted by Crippen LogP contribution is -2.43. The molecule has 1 aliphatic carbocycles. The first kappa shape index (κ1) is 20.8. The molecule has 1 aliphatic heterocycles. The summed E-state index contributed by atoms with van der Waals surface area (Å²) in [4.78, 5) is 4.15. The highest BCUT2D eigenvalue weighted by Crippen LogP contribution is 2.39. The number of hydrogen-bond acceptors (Lipinski definition) is 2. The van der Waals surface area contributed by atoms with Crippen LogP contribution in [0.2, 0.25) is 0 Å². The molecule has 0 aromatic rings. The molecule has 2 fully saturated rings. The van der Waals surface area contributed by atoms with E-state index in [1.54, 1.807) is 7.05 Å². The average Bonchev–Trinajstić information content (AvgIpc) is 3.00. The summed E-state index contributed by atoms with van der Waals surface area (Å²) in [7, 11) is 1.70. The minimum Gasteiger partial charge on any atom is -0.376 e. The molecule has 2 rings (SSSR count). The van der Waals surface area contributed by atoms with Gasteiger partial charge in [-0.05, 0) is 44.4 Å². The summed E-state index contributed by atoms with van der Waals surface area (Å²) in [5.74, 6) is -0.117. The SMILES string of the molecule is CN=C(NCC1CCC(C(F)(F)F)CC1)NCC1CCCO1.I. The van der Waals surface area contributed by atoms with Crippen molar-refractivity contribution in [3.05, 3.63) is 0 Å². The van der Waals surface area contributed by atoms with Crippen LogP contribution in [0.3, 0.4) is 0 Å². The van der Waals surface area contributed by atoms with Crippen molar-refractivity contribution >= 4 is 29.9 Å². The zero-order valence-electron chi connectivity index (χ0n) is 13.5. The van der Waals surface area contributed by atoms with Crippen LogP contribution >= 0.6 is 24.0 Å². The summed E-state index contributed by atoms with van der Waals surface area (Å²) in [6.45, 7) is 2.22. The number of halogens is 4. The van der Waals surface area contributed by atoms with Crippen LogP contribution in [-0.2, 0) is 4.74 Å². The van der Waals surface area contributed by atoms with Crippen LogP contribution in [0.5, 0.6) is 0 Å². The highest BCUT2D eigenvalue weighted by Gasteiger charge is 2.41. The van der Waals surface area contributed by atoms with Gasteiger partial charge in [-0.15, -0.1) is 24.0 Å². The Bertz CT molecular complexity index is 365. The van der Waals surface area contributed by atoms with Gasteiger partial charge in [0.25, 0.3) is 0 Å². The lowest BCUT2D eigenvalue weighted by Gasteiger charge is -2.30. The van der Waals surface area contributed by atoms with Crippen molar-refractivity contribution in [3.8, 4) is 0 Å². The zero-order valence-corrected chi connectivity index (χ0v) is 15.8. The maximum Gasteiger partial charge on any atom is 0.391 e. The fraction of sp³-hybridized carbons (Fsp3) is 0.933. The van der Waals surface area contributed by atoms with Crippen molar-refractivity contribution < 1.29 is 17.9 Å². The Labute approximate surface area is 153 Å². The highest BCUT2D eigenvalue weighted by molar-refractivity contribution is 14.0. The van der Waals surface area contributed by atoms with Crippen molar-refractivity contribution in [2.45, 2.75) is 50.8 Å². The molecule has 23 heavy (non-hydrogen) atoms. The molecule has 1 heterocycles. The smallest absolute Gasteiger partial charge is 0.376 e. The van der Waals surface area contributed by atoms with Crippen LogP contribution < -0.4 is 10.6 Å². The van der Waals surface area contributed by atoms with Gasteiger partial charge in [0.1, 0.15) is 0 Å². The van der Waals surface area contributed by atoms with E-state index < -0.39 is 12.1 Å². The quantitative estimate of drug-likeness (QED) is 0.394. The van der Waals surface area contributed by atoms with E-state index >= 15 is 0 Å². The largest absolute Gasteiger partial charge is 0.391 e. The molecule has 0 aromatic heterocycles. The Morgan fingerprint density at radius 2 is 1.74 bits per heavy atom. The Kier molecular flexibility index (Phi) is 8.95. The number of rotatable bonds is 4. The fourth-order valence-corrected chi connectivity index (χ4v) is 3.17. The predicted molar refractivity (Wildman–Crippen MR) is 95.3 cm³/mol. The van der Waals surface area contributed by atoms with Crippen molar-refractivity contribution in [2.75, 3.05) is 26.7 Å². The molecule has 0 spiro atoms. The zero-order chi connectivity index (χ0) is 16.0. The third kappa shape index (κ3) is 7.03. The van der Waals surface area contributed by atoms with E-state index in [4.69, 9.17) is 4.74 Å². The summed E-state index contributed by atoms with van der Waals surface area (Å²) < 4.78 is 43.4. The van der Waals surface area contributed by atoms with Gasteiger partial charge in [0, 0.05) is 26.7 Å². The van der Waals surface area contributed by atoms with Crippen LogP contribution in [0.25, 0.3) is 0 Å². The van der Waals surface area contributed by atoms with E-state index in [9.17, 15) is 13.2 Å². The molecule has 1 saturated carbocycles. The average molecular weight is 449 g/mol. The van der Waals surface area contributed by atoms with E-state index in [1.807, 2.05) is 0 Å². The van der Waals surface area contributed by atoms with E-state index in [0.29, 0.717) is 31.3 Å². The summed E-state index contributed by atoms with van der Waals surface area (Å²) >= 11 is 0. The van der Waals surface area contributed by atoms with E-state index in [1.165, 1.54) is 0 Å². The second kappa shape index (κ2) is 9.90. The standard InChI is InChI=1S/C15H26F3N3O.HI/c1-19-14(21-10-13-3-2-8-22-13)20-9-11-4-6-12(7-5-11)15(16,17)18;/h11-13H,2-10H2,1H3,(H2,19,20,21);1H. The molecule has 2 aliphatic rings. The first-order valence-electron chi connectivity index (χ1n) is 8.12. The van der Waals surface area contributed by atoms with Crippen LogP contribution in [0, 0.1) is 11.8 Å². The number of nitrogens with zero attached hydrogens (tertiary/aromatic N) is 1. The van der Waals surface area contributed by atoms with Gasteiger partial charge in [0.15, 0.2) is 5.96 Å². The normalized spacial score (nSPS) is 29.0. The van der Waals surface area contributed by atoms with Gasteiger partial charge in [-0.1, -0.05) is 0 Å². The minimum absolute atomic E-state index is 0. The first-order chi connectivity index (χ1) is 10.5. The van der Waals surface area contributed by atoms with Crippen LogP contribution in [0.1, 0.15) is 38.5 Å². The molecule has 1 saturated heterocycles. The Hall–Kier alpha value is -0.250. The number of hydrogen-bond donors (Lipinski definition) is 2. The molecular formula is C15H27F3IN3O. The lowest BCUT2D eigenvalue weighted by molar-refractivity contribution is -0.183. The maximum atomic E-state index is 12.6. The van der Waals surface area contributed by atoms with Crippen LogP contribution in [0.4, 0.5) is 13.2 Å². The summed E-state index contributed by atoms with van der Waals surface area (Å²) in [6, 6.07) is 0.